The van der Waals surface area contributed by atoms with Crippen LogP contribution in [0.2, 0.25) is 0 Å². The molecule has 1 rings (SSSR count). The fourth-order valence-corrected chi connectivity index (χ4v) is 1.79. The Morgan fingerprint density at radius 1 is 1.41 bits per heavy atom. The summed E-state index contributed by atoms with van der Waals surface area (Å²) in [6.07, 6.45) is 1.94. The van der Waals surface area contributed by atoms with Gasteiger partial charge in [0.25, 0.3) is 0 Å². The van der Waals surface area contributed by atoms with Crippen LogP contribution < -0.4 is 9.47 Å². The summed E-state index contributed by atoms with van der Waals surface area (Å²) in [7, 11) is 1.52. The summed E-state index contributed by atoms with van der Waals surface area (Å²) in [4.78, 5) is 11.0. The highest BCUT2D eigenvalue weighted by molar-refractivity contribution is 9.10. The fraction of sp³-hybridized carbons (Fsp3) is 0.417. The zero-order valence-electron chi connectivity index (χ0n) is 9.83. The van der Waals surface area contributed by atoms with Crippen LogP contribution in [0.5, 0.6) is 11.5 Å². The molecule has 17 heavy (non-hydrogen) atoms. The SMILES string of the molecule is CCCCOc1cc(C(=O)O)c(Br)cc1OC. The van der Waals surface area contributed by atoms with Crippen LogP contribution in [0.25, 0.3) is 0 Å². The van der Waals surface area contributed by atoms with Gasteiger partial charge in [0, 0.05) is 4.47 Å². The third kappa shape index (κ3) is 3.63. The first kappa shape index (κ1) is 13.8. The van der Waals surface area contributed by atoms with E-state index in [0.717, 1.165) is 12.8 Å². The van der Waals surface area contributed by atoms with Gasteiger partial charge >= 0.3 is 5.97 Å². The number of benzene rings is 1. The third-order valence-corrected chi connectivity index (χ3v) is 2.90. The molecule has 4 nitrogen and oxygen atoms in total. The Hall–Kier alpha value is -1.23. The Morgan fingerprint density at radius 3 is 2.65 bits per heavy atom. The minimum absolute atomic E-state index is 0.164. The molecule has 0 saturated carbocycles. The normalized spacial score (nSPS) is 10.1. The largest absolute Gasteiger partial charge is 0.493 e. The van der Waals surface area contributed by atoms with Crippen LogP contribution in [0.1, 0.15) is 30.1 Å². The highest BCUT2D eigenvalue weighted by atomic mass is 79.9. The number of aromatic carboxylic acids is 1. The predicted molar refractivity (Wildman–Crippen MR) is 68.1 cm³/mol. The van der Waals surface area contributed by atoms with Gasteiger partial charge in [-0.3, -0.25) is 0 Å². The molecule has 0 heterocycles. The molecular weight excluding hydrogens is 288 g/mol. The lowest BCUT2D eigenvalue weighted by atomic mass is 10.2. The molecule has 0 fully saturated rings. The Labute approximate surface area is 109 Å². The second kappa shape index (κ2) is 6.49. The summed E-state index contributed by atoms with van der Waals surface area (Å²) in [5.74, 6) is -0.0144. The molecule has 0 atom stereocenters. The minimum Gasteiger partial charge on any atom is -0.493 e. The highest BCUT2D eigenvalue weighted by Gasteiger charge is 2.14. The molecule has 0 aliphatic rings. The van der Waals surface area contributed by atoms with Crippen molar-refractivity contribution in [3.8, 4) is 11.5 Å². The first-order chi connectivity index (χ1) is 8.10. The molecule has 0 aliphatic heterocycles. The van der Waals surface area contributed by atoms with Gasteiger partial charge in [-0.05, 0) is 34.5 Å². The lowest BCUT2D eigenvalue weighted by molar-refractivity contribution is 0.0695. The van der Waals surface area contributed by atoms with E-state index in [1.807, 2.05) is 0 Å². The number of carboxylic acid groups (broad SMARTS) is 1. The molecule has 0 unspecified atom stereocenters. The first-order valence-corrected chi connectivity index (χ1v) is 6.13. The van der Waals surface area contributed by atoms with Gasteiger partial charge in [0.05, 0.1) is 19.3 Å². The number of ether oxygens (including phenoxy) is 2. The maximum absolute atomic E-state index is 11.0. The first-order valence-electron chi connectivity index (χ1n) is 5.33. The van der Waals surface area contributed by atoms with E-state index in [1.165, 1.54) is 13.2 Å². The van der Waals surface area contributed by atoms with Gasteiger partial charge in [-0.15, -0.1) is 0 Å². The molecule has 0 bridgehead atoms. The molecule has 0 radical (unpaired) electrons. The smallest absolute Gasteiger partial charge is 0.336 e. The van der Waals surface area contributed by atoms with Gasteiger partial charge in [0.15, 0.2) is 11.5 Å². The number of carbonyl (C=O) groups is 1. The summed E-state index contributed by atoms with van der Waals surface area (Å²) in [5.41, 5.74) is 0.164. The van der Waals surface area contributed by atoms with Crippen molar-refractivity contribution >= 4 is 21.9 Å². The van der Waals surface area contributed by atoms with E-state index in [-0.39, 0.29) is 5.56 Å². The summed E-state index contributed by atoms with van der Waals surface area (Å²) in [5, 5.41) is 9.00. The van der Waals surface area contributed by atoms with Crippen molar-refractivity contribution in [2.45, 2.75) is 19.8 Å². The zero-order valence-corrected chi connectivity index (χ0v) is 11.4. The van der Waals surface area contributed by atoms with E-state index in [9.17, 15) is 4.79 Å². The molecule has 0 amide bonds. The fourth-order valence-electron chi connectivity index (χ4n) is 1.30. The van der Waals surface area contributed by atoms with Crippen LogP contribution in [-0.2, 0) is 0 Å². The average Bonchev–Trinajstić information content (AvgIpc) is 2.30. The van der Waals surface area contributed by atoms with E-state index in [2.05, 4.69) is 22.9 Å². The van der Waals surface area contributed by atoms with Crippen LogP contribution in [0.4, 0.5) is 0 Å². The monoisotopic (exact) mass is 302 g/mol. The maximum atomic E-state index is 11.0. The lowest BCUT2D eigenvalue weighted by Gasteiger charge is -2.12. The molecule has 5 heteroatoms. The van der Waals surface area contributed by atoms with E-state index in [1.54, 1.807) is 6.07 Å². The second-order valence-corrected chi connectivity index (χ2v) is 4.34. The number of unbranched alkanes of at least 4 members (excludes halogenated alkanes) is 1. The van der Waals surface area contributed by atoms with E-state index >= 15 is 0 Å². The molecule has 0 aromatic heterocycles. The summed E-state index contributed by atoms with van der Waals surface area (Å²) in [6, 6.07) is 3.08. The number of hydrogen-bond acceptors (Lipinski definition) is 3. The number of halogens is 1. The number of hydrogen-bond donors (Lipinski definition) is 1. The van der Waals surface area contributed by atoms with Crippen molar-refractivity contribution in [2.75, 3.05) is 13.7 Å². The summed E-state index contributed by atoms with van der Waals surface area (Å²) >= 11 is 3.19. The molecule has 1 aromatic carbocycles. The van der Waals surface area contributed by atoms with Gasteiger partial charge in [-0.1, -0.05) is 13.3 Å². The van der Waals surface area contributed by atoms with E-state index in [0.29, 0.717) is 22.6 Å². The maximum Gasteiger partial charge on any atom is 0.336 e. The average molecular weight is 303 g/mol. The molecule has 1 N–H and O–H groups in total. The van der Waals surface area contributed by atoms with Gasteiger partial charge in [-0.2, -0.15) is 0 Å². The molecular formula is C12H15BrO4. The predicted octanol–water partition coefficient (Wildman–Crippen LogP) is 3.33. The summed E-state index contributed by atoms with van der Waals surface area (Å²) in [6.45, 7) is 2.61. The number of methoxy groups -OCH3 is 1. The van der Waals surface area contributed by atoms with Gasteiger partial charge in [0.2, 0.25) is 0 Å². The van der Waals surface area contributed by atoms with Crippen molar-refractivity contribution in [3.05, 3.63) is 22.2 Å². The summed E-state index contributed by atoms with van der Waals surface area (Å²) < 4.78 is 11.1. The highest BCUT2D eigenvalue weighted by Crippen LogP contribution is 2.33. The van der Waals surface area contributed by atoms with Crippen LogP contribution in [0.15, 0.2) is 16.6 Å². The molecule has 94 valence electrons. The number of carboxylic acids is 1. The Balaban J connectivity index is 2.99. The van der Waals surface area contributed by atoms with E-state index < -0.39 is 5.97 Å². The molecule has 0 aliphatic carbocycles. The molecule has 0 spiro atoms. The van der Waals surface area contributed by atoms with Crippen LogP contribution in [-0.4, -0.2) is 24.8 Å². The van der Waals surface area contributed by atoms with Crippen LogP contribution in [0.3, 0.4) is 0 Å². The van der Waals surface area contributed by atoms with Gasteiger partial charge in [0.1, 0.15) is 0 Å². The third-order valence-electron chi connectivity index (χ3n) is 2.24. The van der Waals surface area contributed by atoms with Crippen LogP contribution in [0, 0.1) is 0 Å². The van der Waals surface area contributed by atoms with Gasteiger partial charge < -0.3 is 14.6 Å². The lowest BCUT2D eigenvalue weighted by Crippen LogP contribution is -2.03. The number of rotatable bonds is 6. The van der Waals surface area contributed by atoms with Crippen molar-refractivity contribution < 1.29 is 19.4 Å². The van der Waals surface area contributed by atoms with Crippen LogP contribution >= 0.6 is 15.9 Å². The minimum atomic E-state index is -1.00. The second-order valence-electron chi connectivity index (χ2n) is 3.49. The topological polar surface area (TPSA) is 55.8 Å². The van der Waals surface area contributed by atoms with E-state index in [4.69, 9.17) is 14.6 Å². The van der Waals surface area contributed by atoms with Crippen molar-refractivity contribution in [3.63, 3.8) is 0 Å². The zero-order chi connectivity index (χ0) is 12.8. The standard InChI is InChI=1S/C12H15BrO4/c1-3-4-5-17-11-6-8(12(14)15)9(13)7-10(11)16-2/h6-7H,3-5H2,1-2H3,(H,14,15). The van der Waals surface area contributed by atoms with Crippen molar-refractivity contribution in [1.82, 2.24) is 0 Å². The van der Waals surface area contributed by atoms with Crippen molar-refractivity contribution in [1.29, 1.82) is 0 Å². The quantitative estimate of drug-likeness (QED) is 0.819. The van der Waals surface area contributed by atoms with Crippen molar-refractivity contribution in [2.24, 2.45) is 0 Å². The van der Waals surface area contributed by atoms with Gasteiger partial charge in [-0.25, -0.2) is 4.79 Å². The Morgan fingerprint density at radius 2 is 2.12 bits per heavy atom. The Kier molecular flexibility index (Phi) is 5.28. The molecule has 0 saturated heterocycles. The molecule has 1 aromatic rings. The Bertz CT molecular complexity index is 404.